The van der Waals surface area contributed by atoms with E-state index < -0.39 is 0 Å². The second-order valence-electron chi connectivity index (χ2n) is 5.53. The van der Waals surface area contributed by atoms with Crippen LogP contribution in [0.1, 0.15) is 33.5 Å². The number of hydrogen-bond acceptors (Lipinski definition) is 5. The molecule has 0 unspecified atom stereocenters. The Hall–Kier alpha value is -2.93. The first kappa shape index (κ1) is 17.9. The lowest BCUT2D eigenvalue weighted by Gasteiger charge is -2.06. The van der Waals surface area contributed by atoms with Crippen molar-refractivity contribution >= 4 is 29.1 Å². The zero-order chi connectivity index (χ0) is 18.4. The van der Waals surface area contributed by atoms with Crippen LogP contribution in [0.5, 0.6) is 0 Å². The fourth-order valence-corrected chi connectivity index (χ4v) is 2.96. The average molecular weight is 366 g/mol. The Bertz CT molecular complexity index is 891. The molecule has 2 aromatic carbocycles. The van der Waals surface area contributed by atoms with Crippen molar-refractivity contribution in [2.24, 2.45) is 0 Å². The first-order chi connectivity index (χ1) is 12.7. The van der Waals surface area contributed by atoms with Crippen molar-refractivity contribution in [3.63, 3.8) is 0 Å². The molecule has 0 aliphatic rings. The van der Waals surface area contributed by atoms with E-state index in [1.54, 1.807) is 36.4 Å². The van der Waals surface area contributed by atoms with Crippen LogP contribution in [0.25, 0.3) is 0 Å². The maximum absolute atomic E-state index is 12.3. The molecule has 1 aromatic heterocycles. The summed E-state index contributed by atoms with van der Waals surface area (Å²) in [6, 6.07) is 15.8. The minimum absolute atomic E-state index is 0.0150. The maximum atomic E-state index is 12.3. The zero-order valence-corrected chi connectivity index (χ0v) is 15.0. The van der Waals surface area contributed by atoms with E-state index in [0.717, 1.165) is 12.2 Å². The molecular weight excluding hydrogens is 348 g/mol. The highest BCUT2D eigenvalue weighted by Gasteiger charge is 2.10. The minimum Gasteiger partial charge on any atom is -0.322 e. The van der Waals surface area contributed by atoms with E-state index in [-0.39, 0.29) is 17.4 Å². The second-order valence-corrected chi connectivity index (χ2v) is 6.47. The number of nitrogens with zero attached hydrogens (tertiary/aromatic N) is 2. The molecule has 0 fully saturated rings. The number of aromatic amines is 1. The highest BCUT2D eigenvalue weighted by Crippen LogP contribution is 2.17. The molecule has 1 heterocycles. The molecule has 132 valence electrons. The third-order valence-corrected chi connectivity index (χ3v) is 4.53. The van der Waals surface area contributed by atoms with Gasteiger partial charge in [-0.3, -0.25) is 14.7 Å². The summed E-state index contributed by atoms with van der Waals surface area (Å²) < 4.78 is 0. The molecule has 0 bridgehead atoms. The molecule has 2 N–H and O–H groups in total. The number of aryl methyl sites for hydroxylation is 1. The van der Waals surface area contributed by atoms with Crippen molar-refractivity contribution in [3.05, 3.63) is 71.5 Å². The molecule has 26 heavy (non-hydrogen) atoms. The summed E-state index contributed by atoms with van der Waals surface area (Å²) in [6.07, 6.45) is 0.775. The molecule has 0 radical (unpaired) electrons. The van der Waals surface area contributed by atoms with Gasteiger partial charge in [0.1, 0.15) is 5.82 Å². The van der Waals surface area contributed by atoms with Crippen LogP contribution >= 0.6 is 11.8 Å². The number of carbonyl (C=O) groups excluding carboxylic acids is 2. The van der Waals surface area contributed by atoms with Crippen LogP contribution < -0.4 is 5.32 Å². The predicted molar refractivity (Wildman–Crippen MR) is 102 cm³/mol. The lowest BCUT2D eigenvalue weighted by molar-refractivity contribution is 0.101. The summed E-state index contributed by atoms with van der Waals surface area (Å²) in [5.74, 6) is 0.866. The standard InChI is InChI=1S/C19H18N4O2S/c1-2-17-21-19(23-22-17)26-12-16(24)13-8-10-15(11-9-13)20-18(25)14-6-4-3-5-7-14/h3-11H,2,12H2,1H3,(H,20,25)(H,21,22,23). The van der Waals surface area contributed by atoms with Gasteiger partial charge in [0.05, 0.1) is 5.75 Å². The number of rotatable bonds is 7. The number of H-pyrrole nitrogens is 1. The molecule has 3 rings (SSSR count). The van der Waals surface area contributed by atoms with Crippen LogP contribution in [0.15, 0.2) is 59.8 Å². The number of nitrogens with one attached hydrogen (secondary N) is 2. The predicted octanol–water partition coefficient (Wildman–Crippen LogP) is 3.59. The molecule has 3 aromatic rings. The molecule has 7 heteroatoms. The largest absolute Gasteiger partial charge is 0.322 e. The van der Waals surface area contributed by atoms with Crippen LogP contribution in [-0.2, 0) is 6.42 Å². The van der Waals surface area contributed by atoms with E-state index >= 15 is 0 Å². The number of thioether (sulfide) groups is 1. The fourth-order valence-electron chi connectivity index (χ4n) is 2.25. The molecule has 0 atom stereocenters. The molecule has 0 saturated heterocycles. The number of aromatic nitrogens is 3. The minimum atomic E-state index is -0.184. The Labute approximate surface area is 155 Å². The van der Waals surface area contributed by atoms with Gasteiger partial charge in [0.25, 0.3) is 5.91 Å². The summed E-state index contributed by atoms with van der Waals surface area (Å²) in [4.78, 5) is 28.7. The van der Waals surface area contributed by atoms with Gasteiger partial charge in [-0.15, -0.1) is 5.10 Å². The average Bonchev–Trinajstić information content (AvgIpc) is 3.15. The van der Waals surface area contributed by atoms with Gasteiger partial charge in [-0.1, -0.05) is 36.9 Å². The van der Waals surface area contributed by atoms with Crippen LogP contribution in [0.4, 0.5) is 5.69 Å². The van der Waals surface area contributed by atoms with E-state index in [4.69, 9.17) is 0 Å². The quantitative estimate of drug-likeness (QED) is 0.493. The first-order valence-electron chi connectivity index (χ1n) is 8.19. The van der Waals surface area contributed by atoms with Crippen molar-refractivity contribution in [2.45, 2.75) is 18.5 Å². The normalized spacial score (nSPS) is 10.5. The van der Waals surface area contributed by atoms with Crippen LogP contribution in [0, 0.1) is 0 Å². The molecule has 0 aliphatic heterocycles. The zero-order valence-electron chi connectivity index (χ0n) is 14.2. The van der Waals surface area contributed by atoms with Crippen LogP contribution in [-0.4, -0.2) is 32.6 Å². The Morgan fingerprint density at radius 1 is 1.04 bits per heavy atom. The van der Waals surface area contributed by atoms with Crippen molar-refractivity contribution in [1.82, 2.24) is 15.2 Å². The lowest BCUT2D eigenvalue weighted by atomic mass is 10.1. The van der Waals surface area contributed by atoms with Gasteiger partial charge in [-0.05, 0) is 36.4 Å². The number of hydrogen-bond donors (Lipinski definition) is 2. The van der Waals surface area contributed by atoms with E-state index in [1.165, 1.54) is 11.8 Å². The number of Topliss-reactive ketones (excluding diaryl/α,β-unsaturated/α-hetero) is 1. The summed E-state index contributed by atoms with van der Waals surface area (Å²) in [5.41, 5.74) is 1.81. The van der Waals surface area contributed by atoms with E-state index in [1.807, 2.05) is 25.1 Å². The van der Waals surface area contributed by atoms with Gasteiger partial charge in [0.15, 0.2) is 5.78 Å². The Kier molecular flexibility index (Phi) is 5.80. The number of ketones is 1. The van der Waals surface area contributed by atoms with Gasteiger partial charge in [0, 0.05) is 23.2 Å². The highest BCUT2D eigenvalue weighted by atomic mass is 32.2. The van der Waals surface area contributed by atoms with Gasteiger partial charge >= 0.3 is 0 Å². The molecule has 0 aliphatic carbocycles. The van der Waals surface area contributed by atoms with Crippen molar-refractivity contribution in [3.8, 4) is 0 Å². The van der Waals surface area contributed by atoms with Crippen LogP contribution in [0.2, 0.25) is 0 Å². The van der Waals surface area contributed by atoms with Crippen LogP contribution in [0.3, 0.4) is 0 Å². The third-order valence-electron chi connectivity index (χ3n) is 3.68. The fraction of sp³-hybridized carbons (Fsp3) is 0.158. The van der Waals surface area contributed by atoms with Crippen molar-refractivity contribution in [2.75, 3.05) is 11.1 Å². The smallest absolute Gasteiger partial charge is 0.255 e. The molecule has 0 spiro atoms. The number of amides is 1. The summed E-state index contributed by atoms with van der Waals surface area (Å²) in [6.45, 7) is 1.98. The molecule has 6 nitrogen and oxygen atoms in total. The third kappa shape index (κ3) is 4.58. The first-order valence-corrected chi connectivity index (χ1v) is 9.18. The van der Waals surface area contributed by atoms with E-state index in [2.05, 4.69) is 20.5 Å². The van der Waals surface area contributed by atoms with E-state index in [0.29, 0.717) is 22.0 Å². The van der Waals surface area contributed by atoms with E-state index in [9.17, 15) is 9.59 Å². The second kappa shape index (κ2) is 8.44. The molecule has 1 amide bonds. The Balaban J connectivity index is 1.56. The Morgan fingerprint density at radius 2 is 1.77 bits per heavy atom. The monoisotopic (exact) mass is 366 g/mol. The topological polar surface area (TPSA) is 87.7 Å². The summed E-state index contributed by atoms with van der Waals surface area (Å²) >= 11 is 1.30. The Morgan fingerprint density at radius 3 is 2.42 bits per heavy atom. The van der Waals surface area contributed by atoms with Gasteiger partial charge < -0.3 is 5.32 Å². The van der Waals surface area contributed by atoms with Gasteiger partial charge in [-0.2, -0.15) is 0 Å². The highest BCUT2D eigenvalue weighted by molar-refractivity contribution is 7.99. The van der Waals surface area contributed by atoms with Crippen molar-refractivity contribution < 1.29 is 9.59 Å². The molecular formula is C19H18N4O2S. The molecule has 0 saturated carbocycles. The van der Waals surface area contributed by atoms with Gasteiger partial charge in [0.2, 0.25) is 5.16 Å². The van der Waals surface area contributed by atoms with Crippen molar-refractivity contribution in [1.29, 1.82) is 0 Å². The number of benzene rings is 2. The van der Waals surface area contributed by atoms with Gasteiger partial charge in [-0.25, -0.2) is 4.98 Å². The lowest BCUT2D eigenvalue weighted by Crippen LogP contribution is -2.11. The summed E-state index contributed by atoms with van der Waals surface area (Å²) in [5, 5.41) is 10.3. The number of anilines is 1. The SMILES string of the molecule is CCc1nc(SCC(=O)c2ccc(NC(=O)c3ccccc3)cc2)n[nH]1. The number of carbonyl (C=O) groups is 2. The maximum Gasteiger partial charge on any atom is 0.255 e. The summed E-state index contributed by atoms with van der Waals surface area (Å²) in [7, 11) is 0.